The van der Waals surface area contributed by atoms with Crippen molar-refractivity contribution in [3.8, 4) is 0 Å². The first kappa shape index (κ1) is 14.0. The smallest absolute Gasteiger partial charge is 0.136 e. The highest BCUT2D eigenvalue weighted by Gasteiger charge is 2.16. The summed E-state index contributed by atoms with van der Waals surface area (Å²) in [6, 6.07) is 1.94. The van der Waals surface area contributed by atoms with Crippen LogP contribution >= 0.6 is 35.7 Å². The normalized spacial score (nSPS) is 19.5. The van der Waals surface area contributed by atoms with Crippen LogP contribution < -0.4 is 11.1 Å². The number of aromatic nitrogens is 1. The number of thiocarbonyl (C=S) groups is 1. The Hall–Kier alpha value is -0.460. The highest BCUT2D eigenvalue weighted by atomic mass is 32.2. The number of nitrogens with zero attached hydrogens (tertiary/aromatic N) is 1. The minimum atomic E-state index is 0.411. The van der Waals surface area contributed by atoms with Crippen LogP contribution in [-0.2, 0) is 0 Å². The molecule has 1 aliphatic rings. The maximum absolute atomic E-state index is 5.77. The average molecular weight is 299 g/mol. The first-order valence-electron chi connectivity index (χ1n) is 5.87. The van der Waals surface area contributed by atoms with Crippen molar-refractivity contribution in [1.82, 2.24) is 4.98 Å². The van der Waals surface area contributed by atoms with Crippen molar-refractivity contribution in [1.29, 1.82) is 0 Å². The molecule has 1 aromatic rings. The molecule has 98 valence electrons. The summed E-state index contributed by atoms with van der Waals surface area (Å²) in [5.41, 5.74) is 7.72. The fourth-order valence-corrected chi connectivity index (χ4v) is 4.74. The van der Waals surface area contributed by atoms with Crippen molar-refractivity contribution in [2.75, 3.05) is 29.1 Å². The van der Waals surface area contributed by atoms with E-state index in [2.05, 4.69) is 10.3 Å². The first-order chi connectivity index (χ1) is 8.68. The number of hydrogen-bond donors (Lipinski definition) is 2. The van der Waals surface area contributed by atoms with Crippen LogP contribution in [0.4, 0.5) is 5.82 Å². The molecule has 0 amide bonds. The number of pyridine rings is 1. The summed E-state index contributed by atoms with van der Waals surface area (Å²) in [6.07, 6.45) is 1.79. The van der Waals surface area contributed by atoms with E-state index in [4.69, 9.17) is 18.0 Å². The Morgan fingerprint density at radius 1 is 1.61 bits per heavy atom. The van der Waals surface area contributed by atoms with Crippen LogP contribution in [0.3, 0.4) is 0 Å². The number of rotatable bonds is 4. The number of anilines is 1. The van der Waals surface area contributed by atoms with Crippen molar-refractivity contribution in [3.63, 3.8) is 0 Å². The molecule has 3 N–H and O–H groups in total. The minimum Gasteiger partial charge on any atom is -0.389 e. The van der Waals surface area contributed by atoms with E-state index in [0.29, 0.717) is 10.2 Å². The van der Waals surface area contributed by atoms with Crippen molar-refractivity contribution in [3.05, 3.63) is 23.4 Å². The van der Waals surface area contributed by atoms with Gasteiger partial charge in [-0.3, -0.25) is 0 Å². The van der Waals surface area contributed by atoms with Crippen LogP contribution in [0, 0.1) is 6.92 Å². The number of nitrogens with two attached hydrogens (primary N) is 1. The van der Waals surface area contributed by atoms with Gasteiger partial charge in [-0.2, -0.15) is 23.5 Å². The van der Waals surface area contributed by atoms with Gasteiger partial charge in [-0.05, 0) is 18.6 Å². The van der Waals surface area contributed by atoms with E-state index in [1.54, 1.807) is 6.20 Å². The van der Waals surface area contributed by atoms with Crippen molar-refractivity contribution >= 4 is 46.5 Å². The molecule has 6 heteroatoms. The van der Waals surface area contributed by atoms with Crippen LogP contribution in [0.2, 0.25) is 0 Å². The summed E-state index contributed by atoms with van der Waals surface area (Å²) in [5, 5.41) is 4.04. The lowest BCUT2D eigenvalue weighted by atomic mass is 10.1. The highest BCUT2D eigenvalue weighted by molar-refractivity contribution is 8.06. The molecule has 1 atom stereocenters. The zero-order valence-electron chi connectivity index (χ0n) is 10.3. The Bertz CT molecular complexity index is 431. The molecule has 0 saturated carbocycles. The maximum atomic E-state index is 5.77. The number of nitrogens with one attached hydrogen (secondary N) is 1. The standard InChI is InChI=1S/C12H17N3S3/c1-8-2-3-14-12(10(8)11(13)16)15-6-9-7-17-4-5-18-9/h2-3,9H,4-7H2,1H3,(H2,13,16)(H,14,15). The Morgan fingerprint density at radius 3 is 3.11 bits per heavy atom. The Labute approximate surface area is 122 Å². The van der Waals surface area contributed by atoms with Gasteiger partial charge in [-0.25, -0.2) is 4.98 Å². The lowest BCUT2D eigenvalue weighted by Crippen LogP contribution is -2.25. The van der Waals surface area contributed by atoms with E-state index in [9.17, 15) is 0 Å². The van der Waals surface area contributed by atoms with Crippen LogP contribution in [0.15, 0.2) is 12.3 Å². The molecule has 18 heavy (non-hydrogen) atoms. The van der Waals surface area contributed by atoms with Crippen molar-refractivity contribution in [2.24, 2.45) is 5.73 Å². The van der Waals surface area contributed by atoms with Crippen LogP contribution in [0.5, 0.6) is 0 Å². The molecular formula is C12H17N3S3. The predicted octanol–water partition coefficient (Wildman–Crippen LogP) is 2.28. The van der Waals surface area contributed by atoms with Gasteiger partial charge in [0.15, 0.2) is 0 Å². The summed E-state index contributed by atoms with van der Waals surface area (Å²) in [5.74, 6) is 4.52. The highest BCUT2D eigenvalue weighted by Crippen LogP contribution is 2.25. The Morgan fingerprint density at radius 2 is 2.44 bits per heavy atom. The number of aryl methyl sites for hydroxylation is 1. The summed E-state index contributed by atoms with van der Waals surface area (Å²) in [4.78, 5) is 4.76. The third-order valence-corrected chi connectivity index (χ3v) is 5.84. The zero-order chi connectivity index (χ0) is 13.0. The second kappa shape index (κ2) is 6.63. The molecule has 0 bridgehead atoms. The summed E-state index contributed by atoms with van der Waals surface area (Å²) in [6.45, 7) is 2.93. The van der Waals surface area contributed by atoms with Gasteiger partial charge < -0.3 is 11.1 Å². The summed E-state index contributed by atoms with van der Waals surface area (Å²) < 4.78 is 0. The second-order valence-corrected chi connectivity index (χ2v) is 7.16. The molecule has 1 unspecified atom stereocenters. The number of thioether (sulfide) groups is 2. The van der Waals surface area contributed by atoms with Gasteiger partial charge in [-0.1, -0.05) is 12.2 Å². The molecule has 1 aliphatic heterocycles. The van der Waals surface area contributed by atoms with Gasteiger partial charge in [0.05, 0.1) is 5.56 Å². The van der Waals surface area contributed by atoms with Gasteiger partial charge in [-0.15, -0.1) is 0 Å². The monoisotopic (exact) mass is 299 g/mol. The van der Waals surface area contributed by atoms with E-state index in [0.717, 1.165) is 23.5 Å². The number of hydrogen-bond acceptors (Lipinski definition) is 5. The fraction of sp³-hybridized carbons (Fsp3) is 0.500. The Balaban J connectivity index is 2.04. The third kappa shape index (κ3) is 3.52. The Kier molecular flexibility index (Phi) is 5.14. The van der Waals surface area contributed by atoms with E-state index in [1.165, 1.54) is 17.3 Å². The predicted molar refractivity (Wildman–Crippen MR) is 86.9 cm³/mol. The summed E-state index contributed by atoms with van der Waals surface area (Å²) >= 11 is 9.14. The maximum Gasteiger partial charge on any atom is 0.136 e. The quantitative estimate of drug-likeness (QED) is 0.832. The van der Waals surface area contributed by atoms with Gasteiger partial charge >= 0.3 is 0 Å². The van der Waals surface area contributed by atoms with Crippen molar-refractivity contribution in [2.45, 2.75) is 12.2 Å². The molecule has 0 spiro atoms. The van der Waals surface area contributed by atoms with Gasteiger partial charge in [0.25, 0.3) is 0 Å². The molecular weight excluding hydrogens is 282 g/mol. The second-order valence-electron chi connectivity index (χ2n) is 4.16. The van der Waals surface area contributed by atoms with Gasteiger partial charge in [0, 0.05) is 35.3 Å². The van der Waals surface area contributed by atoms with Crippen LogP contribution in [0.25, 0.3) is 0 Å². The molecule has 0 aliphatic carbocycles. The van der Waals surface area contributed by atoms with Gasteiger partial charge in [0.1, 0.15) is 10.8 Å². The van der Waals surface area contributed by atoms with Gasteiger partial charge in [0.2, 0.25) is 0 Å². The molecule has 1 saturated heterocycles. The topological polar surface area (TPSA) is 50.9 Å². The minimum absolute atomic E-state index is 0.411. The first-order valence-corrected chi connectivity index (χ1v) is 8.48. The lowest BCUT2D eigenvalue weighted by Gasteiger charge is -2.22. The third-order valence-electron chi connectivity index (χ3n) is 2.79. The molecule has 3 nitrogen and oxygen atoms in total. The SMILES string of the molecule is Cc1ccnc(NCC2CSCCS2)c1C(N)=S. The van der Waals surface area contributed by atoms with E-state index < -0.39 is 0 Å². The van der Waals surface area contributed by atoms with E-state index in [1.807, 2.05) is 36.5 Å². The average Bonchev–Trinajstić information content (AvgIpc) is 2.37. The van der Waals surface area contributed by atoms with Crippen LogP contribution in [-0.4, -0.2) is 39.0 Å². The van der Waals surface area contributed by atoms with E-state index in [-0.39, 0.29) is 0 Å². The largest absolute Gasteiger partial charge is 0.389 e. The molecule has 1 aromatic heterocycles. The zero-order valence-corrected chi connectivity index (χ0v) is 12.8. The van der Waals surface area contributed by atoms with Crippen LogP contribution in [0.1, 0.15) is 11.1 Å². The van der Waals surface area contributed by atoms with E-state index >= 15 is 0 Å². The fourth-order valence-electron chi connectivity index (χ4n) is 1.87. The molecule has 1 fully saturated rings. The molecule has 0 aromatic carbocycles. The van der Waals surface area contributed by atoms with Crippen molar-refractivity contribution < 1.29 is 0 Å². The lowest BCUT2D eigenvalue weighted by molar-refractivity contribution is 0.991. The molecule has 0 radical (unpaired) electrons. The molecule has 2 rings (SSSR count). The summed E-state index contributed by atoms with van der Waals surface area (Å²) in [7, 11) is 0. The molecule has 2 heterocycles.